The number of ether oxygens (including phenoxy) is 2. The van der Waals surface area contributed by atoms with Crippen LogP contribution >= 0.6 is 12.2 Å². The molecule has 0 amide bonds. The first kappa shape index (κ1) is 19.6. The molecule has 0 unspecified atom stereocenters. The predicted molar refractivity (Wildman–Crippen MR) is 116 cm³/mol. The van der Waals surface area contributed by atoms with Crippen molar-refractivity contribution in [3.63, 3.8) is 0 Å². The van der Waals surface area contributed by atoms with Crippen LogP contribution in [0, 0.1) is 11.7 Å². The van der Waals surface area contributed by atoms with Gasteiger partial charge in [0, 0.05) is 5.69 Å². The summed E-state index contributed by atoms with van der Waals surface area (Å²) >= 11 is 5.29. The van der Waals surface area contributed by atoms with E-state index in [0.29, 0.717) is 34.4 Å². The third kappa shape index (κ3) is 4.31. The Labute approximate surface area is 178 Å². The van der Waals surface area contributed by atoms with Crippen molar-refractivity contribution in [3.05, 3.63) is 76.2 Å². The molecule has 2 N–H and O–H groups in total. The summed E-state index contributed by atoms with van der Waals surface area (Å²) in [6, 6.07) is 17.4. The van der Waals surface area contributed by atoms with E-state index < -0.39 is 0 Å². The standard InChI is InChI=1S/C21H20N6O2S/c1-14-10-17(24-23-14)20-25-26-21(30)27(20)22-12-16-8-9-18(19(11-16)28-2)29-13-15-6-4-3-5-7-15/h3-12H,13H2,1-2H3,(H,23,24)(H,26,30)/b22-12+. The summed E-state index contributed by atoms with van der Waals surface area (Å²) in [7, 11) is 1.61. The Morgan fingerprint density at radius 1 is 1.07 bits per heavy atom. The monoisotopic (exact) mass is 420 g/mol. The highest BCUT2D eigenvalue weighted by Gasteiger charge is 2.11. The van der Waals surface area contributed by atoms with Crippen LogP contribution in [-0.4, -0.2) is 38.4 Å². The van der Waals surface area contributed by atoms with Gasteiger partial charge in [0.25, 0.3) is 0 Å². The molecule has 0 fully saturated rings. The lowest BCUT2D eigenvalue weighted by Gasteiger charge is -2.11. The Kier molecular flexibility index (Phi) is 5.71. The van der Waals surface area contributed by atoms with Crippen molar-refractivity contribution in [2.24, 2.45) is 5.10 Å². The van der Waals surface area contributed by atoms with Crippen LogP contribution in [0.5, 0.6) is 11.5 Å². The molecule has 0 spiro atoms. The van der Waals surface area contributed by atoms with Crippen molar-refractivity contribution in [3.8, 4) is 23.0 Å². The Morgan fingerprint density at radius 3 is 2.63 bits per heavy atom. The van der Waals surface area contributed by atoms with Crippen LogP contribution in [0.3, 0.4) is 0 Å². The van der Waals surface area contributed by atoms with Crippen molar-refractivity contribution >= 4 is 18.4 Å². The van der Waals surface area contributed by atoms with Crippen molar-refractivity contribution in [1.29, 1.82) is 0 Å². The van der Waals surface area contributed by atoms with Gasteiger partial charge in [-0.25, -0.2) is 5.10 Å². The summed E-state index contributed by atoms with van der Waals surface area (Å²) < 4.78 is 13.3. The quantitative estimate of drug-likeness (QED) is 0.347. The van der Waals surface area contributed by atoms with Gasteiger partial charge in [-0.3, -0.25) is 5.10 Å². The summed E-state index contributed by atoms with van der Waals surface area (Å²) in [5.41, 5.74) is 3.48. The molecule has 8 nitrogen and oxygen atoms in total. The third-order valence-electron chi connectivity index (χ3n) is 4.33. The minimum Gasteiger partial charge on any atom is -0.493 e. The van der Waals surface area contributed by atoms with Crippen LogP contribution in [0.2, 0.25) is 0 Å². The maximum Gasteiger partial charge on any atom is 0.216 e. The molecule has 0 radical (unpaired) electrons. The molecular formula is C21H20N6O2S. The van der Waals surface area contributed by atoms with Gasteiger partial charge in [0.05, 0.1) is 13.3 Å². The first-order valence-electron chi connectivity index (χ1n) is 9.23. The van der Waals surface area contributed by atoms with Crippen molar-refractivity contribution in [1.82, 2.24) is 25.1 Å². The van der Waals surface area contributed by atoms with Gasteiger partial charge in [-0.2, -0.15) is 20.0 Å². The molecule has 30 heavy (non-hydrogen) atoms. The van der Waals surface area contributed by atoms with E-state index in [0.717, 1.165) is 16.8 Å². The van der Waals surface area contributed by atoms with E-state index in [-0.39, 0.29) is 0 Å². The zero-order valence-electron chi connectivity index (χ0n) is 16.5. The topological polar surface area (TPSA) is 93.1 Å². The lowest BCUT2D eigenvalue weighted by molar-refractivity contribution is 0.284. The molecule has 2 heterocycles. The highest BCUT2D eigenvalue weighted by Crippen LogP contribution is 2.28. The molecule has 0 saturated heterocycles. The molecule has 2 aromatic carbocycles. The van der Waals surface area contributed by atoms with Gasteiger partial charge in [-0.05, 0) is 54.5 Å². The number of nitrogens with one attached hydrogen (secondary N) is 2. The number of methoxy groups -OCH3 is 1. The normalized spacial score (nSPS) is 11.1. The number of benzene rings is 2. The largest absolute Gasteiger partial charge is 0.493 e. The van der Waals surface area contributed by atoms with E-state index in [2.05, 4.69) is 25.5 Å². The summed E-state index contributed by atoms with van der Waals surface area (Å²) in [5, 5.41) is 18.5. The number of aryl methyl sites for hydroxylation is 1. The Bertz CT molecular complexity index is 1230. The fourth-order valence-electron chi connectivity index (χ4n) is 2.84. The minimum absolute atomic E-state index is 0.372. The number of rotatable bonds is 7. The predicted octanol–water partition coefficient (Wildman–Crippen LogP) is 4.11. The van der Waals surface area contributed by atoms with Crippen LogP contribution in [0.25, 0.3) is 11.5 Å². The van der Waals surface area contributed by atoms with E-state index in [1.54, 1.807) is 13.3 Å². The molecule has 2 aromatic heterocycles. The fourth-order valence-corrected chi connectivity index (χ4v) is 3.02. The molecule has 0 saturated carbocycles. The minimum atomic E-state index is 0.372. The molecule has 152 valence electrons. The molecule has 0 aliphatic heterocycles. The number of aromatic amines is 2. The van der Waals surface area contributed by atoms with Gasteiger partial charge < -0.3 is 9.47 Å². The van der Waals surface area contributed by atoms with Crippen LogP contribution < -0.4 is 9.47 Å². The first-order chi connectivity index (χ1) is 14.6. The van der Waals surface area contributed by atoms with Gasteiger partial charge in [-0.1, -0.05) is 30.3 Å². The van der Waals surface area contributed by atoms with Gasteiger partial charge in [0.1, 0.15) is 12.3 Å². The van der Waals surface area contributed by atoms with Gasteiger partial charge in [0.2, 0.25) is 10.6 Å². The summed E-state index contributed by atoms with van der Waals surface area (Å²) in [6.07, 6.45) is 1.68. The zero-order chi connectivity index (χ0) is 20.9. The zero-order valence-corrected chi connectivity index (χ0v) is 17.3. The maximum atomic E-state index is 5.90. The molecule has 0 atom stereocenters. The van der Waals surface area contributed by atoms with Crippen LogP contribution in [-0.2, 0) is 6.61 Å². The molecule has 0 aliphatic rings. The van der Waals surface area contributed by atoms with Crippen LogP contribution in [0.1, 0.15) is 16.8 Å². The molecule has 4 rings (SSSR count). The fraction of sp³-hybridized carbons (Fsp3) is 0.143. The second-order valence-corrected chi connectivity index (χ2v) is 6.92. The van der Waals surface area contributed by atoms with E-state index >= 15 is 0 Å². The first-order valence-corrected chi connectivity index (χ1v) is 9.64. The average Bonchev–Trinajstić information content (AvgIpc) is 3.36. The molecule has 0 bridgehead atoms. The van der Waals surface area contributed by atoms with E-state index in [4.69, 9.17) is 21.7 Å². The highest BCUT2D eigenvalue weighted by atomic mass is 32.1. The number of H-pyrrole nitrogens is 2. The number of nitrogens with zero attached hydrogens (tertiary/aromatic N) is 4. The van der Waals surface area contributed by atoms with Crippen LogP contribution in [0.15, 0.2) is 59.7 Å². The SMILES string of the molecule is COc1cc(/C=N/n2c(-c3cc(C)[nH]n3)n[nH]c2=S)ccc1OCc1ccccc1. The second-order valence-electron chi connectivity index (χ2n) is 6.53. The molecule has 0 aliphatic carbocycles. The third-order valence-corrected chi connectivity index (χ3v) is 4.60. The van der Waals surface area contributed by atoms with E-state index in [9.17, 15) is 0 Å². The number of aromatic nitrogens is 5. The van der Waals surface area contributed by atoms with Gasteiger partial charge in [0.15, 0.2) is 11.5 Å². The lowest BCUT2D eigenvalue weighted by atomic mass is 10.2. The molecular weight excluding hydrogens is 400 g/mol. The molecule has 4 aromatic rings. The molecule has 9 heteroatoms. The van der Waals surface area contributed by atoms with Crippen LogP contribution in [0.4, 0.5) is 0 Å². The maximum absolute atomic E-state index is 5.90. The van der Waals surface area contributed by atoms with Gasteiger partial charge in [-0.15, -0.1) is 0 Å². The van der Waals surface area contributed by atoms with Crippen molar-refractivity contribution < 1.29 is 9.47 Å². The van der Waals surface area contributed by atoms with Crippen molar-refractivity contribution in [2.75, 3.05) is 7.11 Å². The smallest absolute Gasteiger partial charge is 0.216 e. The van der Waals surface area contributed by atoms with Gasteiger partial charge >= 0.3 is 0 Å². The van der Waals surface area contributed by atoms with Crippen molar-refractivity contribution in [2.45, 2.75) is 13.5 Å². The number of hydrogen-bond acceptors (Lipinski definition) is 6. The number of hydrogen-bond donors (Lipinski definition) is 2. The second kappa shape index (κ2) is 8.75. The summed E-state index contributed by atoms with van der Waals surface area (Å²) in [6.45, 7) is 2.38. The van der Waals surface area contributed by atoms with E-state index in [1.807, 2.05) is 61.5 Å². The average molecular weight is 420 g/mol. The Balaban J connectivity index is 1.55. The Morgan fingerprint density at radius 2 is 1.90 bits per heavy atom. The highest BCUT2D eigenvalue weighted by molar-refractivity contribution is 7.71. The Hall–Kier alpha value is -3.72. The summed E-state index contributed by atoms with van der Waals surface area (Å²) in [4.78, 5) is 0. The lowest BCUT2D eigenvalue weighted by Crippen LogP contribution is -1.99. The van der Waals surface area contributed by atoms with E-state index in [1.165, 1.54) is 4.68 Å². The summed E-state index contributed by atoms with van der Waals surface area (Å²) in [5.74, 6) is 1.80.